The van der Waals surface area contributed by atoms with Gasteiger partial charge in [0.1, 0.15) is 0 Å². The minimum atomic E-state index is -0.189. The second-order valence-corrected chi connectivity index (χ2v) is 4.32. The second-order valence-electron chi connectivity index (χ2n) is 4.32. The highest BCUT2D eigenvalue weighted by atomic mass is 16.5. The van der Waals surface area contributed by atoms with Gasteiger partial charge in [-0.2, -0.15) is 0 Å². The monoisotopic (exact) mass is 228 g/mol. The lowest BCUT2D eigenvalue weighted by atomic mass is 10.3. The van der Waals surface area contributed by atoms with E-state index in [-0.39, 0.29) is 18.0 Å². The van der Waals surface area contributed by atoms with Gasteiger partial charge >= 0.3 is 5.97 Å². The van der Waals surface area contributed by atoms with E-state index < -0.39 is 0 Å². The summed E-state index contributed by atoms with van der Waals surface area (Å²) in [5.74, 6) is -0.0873. The van der Waals surface area contributed by atoms with Crippen LogP contribution in [0.25, 0.3) is 0 Å². The number of hydrogen-bond donors (Lipinski definition) is 0. The topological polar surface area (TPSA) is 49.9 Å². The van der Waals surface area contributed by atoms with Gasteiger partial charge in [0, 0.05) is 33.1 Å². The minimum Gasteiger partial charge on any atom is -0.462 e. The summed E-state index contributed by atoms with van der Waals surface area (Å²) >= 11 is 0. The van der Waals surface area contributed by atoms with Crippen molar-refractivity contribution >= 4 is 11.9 Å². The number of carbonyl (C=O) groups is 2. The Morgan fingerprint density at radius 3 is 2.19 bits per heavy atom. The molecule has 5 heteroatoms. The lowest BCUT2D eigenvalue weighted by Crippen LogP contribution is -2.49. The third-order valence-corrected chi connectivity index (χ3v) is 2.54. The summed E-state index contributed by atoms with van der Waals surface area (Å²) in [6.45, 7) is 8.46. The van der Waals surface area contributed by atoms with Crippen molar-refractivity contribution in [3.05, 3.63) is 0 Å². The van der Waals surface area contributed by atoms with E-state index in [0.717, 1.165) is 13.1 Å². The Labute approximate surface area is 96.3 Å². The van der Waals surface area contributed by atoms with E-state index in [1.807, 2.05) is 18.7 Å². The molecule has 0 aromatic rings. The predicted octanol–water partition coefficient (Wildman–Crippen LogP) is 0.102. The number of ether oxygens (including phenoxy) is 1. The summed E-state index contributed by atoms with van der Waals surface area (Å²) in [6.07, 6.45) is -0.0639. The van der Waals surface area contributed by atoms with Crippen LogP contribution in [0.3, 0.4) is 0 Å². The number of piperazine rings is 1. The number of hydrogen-bond acceptors (Lipinski definition) is 4. The van der Waals surface area contributed by atoms with Crippen molar-refractivity contribution in [3.8, 4) is 0 Å². The first-order valence-electron chi connectivity index (χ1n) is 5.66. The van der Waals surface area contributed by atoms with Crippen molar-refractivity contribution in [1.29, 1.82) is 0 Å². The lowest BCUT2D eigenvalue weighted by molar-refractivity contribution is -0.149. The molecule has 1 aliphatic heterocycles. The van der Waals surface area contributed by atoms with Crippen molar-refractivity contribution in [3.63, 3.8) is 0 Å². The number of esters is 1. The lowest BCUT2D eigenvalue weighted by Gasteiger charge is -2.33. The zero-order chi connectivity index (χ0) is 12.1. The number of rotatable bonds is 3. The maximum atomic E-state index is 11.4. The van der Waals surface area contributed by atoms with E-state index in [2.05, 4.69) is 0 Å². The summed E-state index contributed by atoms with van der Waals surface area (Å²) in [6, 6.07) is 0. The molecule has 0 N–H and O–H groups in total. The average Bonchev–Trinajstić information content (AvgIpc) is 2.16. The third-order valence-electron chi connectivity index (χ3n) is 2.54. The van der Waals surface area contributed by atoms with Crippen LogP contribution in [-0.2, 0) is 14.3 Å². The maximum absolute atomic E-state index is 11.4. The van der Waals surface area contributed by atoms with Gasteiger partial charge in [0.25, 0.3) is 0 Å². The summed E-state index contributed by atoms with van der Waals surface area (Å²) < 4.78 is 5.07. The van der Waals surface area contributed by atoms with Gasteiger partial charge in [-0.25, -0.2) is 0 Å². The molecule has 92 valence electrons. The van der Waals surface area contributed by atoms with E-state index >= 15 is 0 Å². The molecule has 1 aliphatic rings. The Kier molecular flexibility index (Phi) is 4.73. The highest BCUT2D eigenvalue weighted by Crippen LogP contribution is 2.02. The van der Waals surface area contributed by atoms with Crippen LogP contribution >= 0.6 is 0 Å². The molecule has 0 unspecified atom stereocenters. The molecule has 0 bridgehead atoms. The summed E-state index contributed by atoms with van der Waals surface area (Å²) in [5.41, 5.74) is 0. The minimum absolute atomic E-state index is 0.0639. The van der Waals surface area contributed by atoms with Crippen molar-refractivity contribution in [2.24, 2.45) is 0 Å². The molecule has 0 aromatic carbocycles. The number of amides is 1. The molecule has 0 aromatic heterocycles. The highest BCUT2D eigenvalue weighted by molar-refractivity contribution is 5.73. The standard InChI is InChI=1S/C11H20N2O3/c1-9(2)16-11(15)8-12-4-6-13(7-5-12)10(3)14/h9H,4-8H2,1-3H3. The molecular formula is C11H20N2O3. The van der Waals surface area contributed by atoms with Crippen molar-refractivity contribution in [1.82, 2.24) is 9.80 Å². The van der Waals surface area contributed by atoms with Gasteiger partial charge in [0.05, 0.1) is 12.6 Å². The molecule has 0 radical (unpaired) electrons. The van der Waals surface area contributed by atoms with E-state index in [0.29, 0.717) is 19.6 Å². The first-order valence-corrected chi connectivity index (χ1v) is 5.66. The molecule has 0 aliphatic carbocycles. The highest BCUT2D eigenvalue weighted by Gasteiger charge is 2.20. The predicted molar refractivity (Wildman–Crippen MR) is 59.9 cm³/mol. The Hall–Kier alpha value is -1.10. The molecular weight excluding hydrogens is 208 g/mol. The molecule has 1 saturated heterocycles. The Bertz CT molecular complexity index is 258. The number of carbonyl (C=O) groups excluding carboxylic acids is 2. The Balaban J connectivity index is 2.26. The quantitative estimate of drug-likeness (QED) is 0.643. The second kappa shape index (κ2) is 5.84. The molecule has 5 nitrogen and oxygen atoms in total. The van der Waals surface area contributed by atoms with Crippen LogP contribution in [0.4, 0.5) is 0 Å². The van der Waals surface area contributed by atoms with E-state index in [4.69, 9.17) is 4.74 Å². The molecule has 0 spiro atoms. The third kappa shape index (κ3) is 4.18. The summed E-state index contributed by atoms with van der Waals surface area (Å²) in [4.78, 5) is 26.3. The smallest absolute Gasteiger partial charge is 0.320 e. The van der Waals surface area contributed by atoms with Crippen molar-refractivity contribution < 1.29 is 14.3 Å². The first kappa shape index (κ1) is 13.0. The zero-order valence-electron chi connectivity index (χ0n) is 10.2. The fraction of sp³-hybridized carbons (Fsp3) is 0.818. The van der Waals surface area contributed by atoms with Crippen LogP contribution < -0.4 is 0 Å². The maximum Gasteiger partial charge on any atom is 0.320 e. The molecule has 1 fully saturated rings. The normalized spacial score (nSPS) is 17.6. The summed E-state index contributed by atoms with van der Waals surface area (Å²) in [5, 5.41) is 0. The fourth-order valence-corrected chi connectivity index (χ4v) is 1.70. The van der Waals surface area contributed by atoms with Gasteiger partial charge in [-0.3, -0.25) is 14.5 Å². The van der Waals surface area contributed by atoms with Gasteiger partial charge in [-0.05, 0) is 13.8 Å². The van der Waals surface area contributed by atoms with Crippen molar-refractivity contribution in [2.75, 3.05) is 32.7 Å². The van der Waals surface area contributed by atoms with Crippen LogP contribution in [0.15, 0.2) is 0 Å². The Morgan fingerprint density at radius 2 is 1.75 bits per heavy atom. The van der Waals surface area contributed by atoms with E-state index in [1.165, 1.54) is 0 Å². The van der Waals surface area contributed by atoms with Gasteiger partial charge in [0.15, 0.2) is 0 Å². The molecule has 1 amide bonds. The van der Waals surface area contributed by atoms with E-state index in [1.54, 1.807) is 11.8 Å². The first-order chi connectivity index (χ1) is 7.49. The van der Waals surface area contributed by atoms with E-state index in [9.17, 15) is 9.59 Å². The summed E-state index contributed by atoms with van der Waals surface area (Å²) in [7, 11) is 0. The van der Waals surface area contributed by atoms with Gasteiger partial charge < -0.3 is 9.64 Å². The van der Waals surface area contributed by atoms with Gasteiger partial charge in [-0.1, -0.05) is 0 Å². The molecule has 1 rings (SSSR count). The SMILES string of the molecule is CC(=O)N1CCN(CC(=O)OC(C)C)CC1. The molecule has 1 heterocycles. The number of nitrogens with zero attached hydrogens (tertiary/aromatic N) is 2. The van der Waals surface area contributed by atoms with Crippen LogP contribution in [-0.4, -0.2) is 60.5 Å². The Morgan fingerprint density at radius 1 is 1.19 bits per heavy atom. The fourth-order valence-electron chi connectivity index (χ4n) is 1.70. The van der Waals surface area contributed by atoms with Gasteiger partial charge in [-0.15, -0.1) is 0 Å². The van der Waals surface area contributed by atoms with Crippen LogP contribution in [0, 0.1) is 0 Å². The van der Waals surface area contributed by atoms with Crippen LogP contribution in [0.1, 0.15) is 20.8 Å². The van der Waals surface area contributed by atoms with Gasteiger partial charge in [0.2, 0.25) is 5.91 Å². The van der Waals surface area contributed by atoms with Crippen molar-refractivity contribution in [2.45, 2.75) is 26.9 Å². The average molecular weight is 228 g/mol. The van der Waals surface area contributed by atoms with Crippen LogP contribution in [0.2, 0.25) is 0 Å². The molecule has 0 saturated carbocycles. The zero-order valence-corrected chi connectivity index (χ0v) is 10.2. The molecule has 0 atom stereocenters. The molecule has 16 heavy (non-hydrogen) atoms. The largest absolute Gasteiger partial charge is 0.462 e. The van der Waals surface area contributed by atoms with Crippen LogP contribution in [0.5, 0.6) is 0 Å².